The molecule has 0 saturated heterocycles. The maximum absolute atomic E-state index is 11.2. The highest BCUT2D eigenvalue weighted by Gasteiger charge is 2.20. The van der Waals surface area contributed by atoms with Crippen molar-refractivity contribution in [2.24, 2.45) is 0 Å². The number of halogens is 1. The third-order valence-electron chi connectivity index (χ3n) is 1.76. The van der Waals surface area contributed by atoms with Crippen LogP contribution in [-0.2, 0) is 4.74 Å². The number of esters is 1. The first-order valence-electron chi connectivity index (χ1n) is 3.73. The Kier molecular flexibility index (Phi) is 2.03. The summed E-state index contributed by atoms with van der Waals surface area (Å²) >= 11 is 3.10. The molecule has 14 heavy (non-hydrogen) atoms. The first kappa shape index (κ1) is 9.20. The van der Waals surface area contributed by atoms with E-state index in [1.165, 1.54) is 11.6 Å². The van der Waals surface area contributed by atoms with Gasteiger partial charge in [0.05, 0.1) is 12.8 Å². The van der Waals surface area contributed by atoms with E-state index in [9.17, 15) is 4.79 Å². The van der Waals surface area contributed by atoms with E-state index in [1.807, 2.05) is 0 Å². The number of methoxy groups -OCH3 is 1. The van der Waals surface area contributed by atoms with Crippen LogP contribution in [0.1, 0.15) is 16.2 Å². The van der Waals surface area contributed by atoms with Gasteiger partial charge in [0, 0.05) is 0 Å². The Morgan fingerprint density at radius 2 is 2.36 bits per heavy atom. The van der Waals surface area contributed by atoms with E-state index in [0.717, 1.165) is 0 Å². The van der Waals surface area contributed by atoms with Crippen LogP contribution in [0.15, 0.2) is 9.15 Å². The molecule has 0 fully saturated rings. The highest BCUT2D eigenvalue weighted by molar-refractivity contribution is 9.10. The van der Waals surface area contributed by atoms with Gasteiger partial charge in [-0.05, 0) is 22.9 Å². The quantitative estimate of drug-likeness (QED) is 0.720. The van der Waals surface area contributed by atoms with E-state index in [4.69, 9.17) is 4.42 Å². The van der Waals surface area contributed by atoms with Crippen LogP contribution in [0.5, 0.6) is 0 Å². The Balaban J connectivity index is 2.64. The van der Waals surface area contributed by atoms with Gasteiger partial charge in [-0.1, -0.05) is 0 Å². The van der Waals surface area contributed by atoms with E-state index < -0.39 is 5.97 Å². The lowest BCUT2D eigenvalue weighted by molar-refractivity contribution is 0.0566. The van der Waals surface area contributed by atoms with Crippen molar-refractivity contribution in [3.63, 3.8) is 0 Å². The summed E-state index contributed by atoms with van der Waals surface area (Å²) in [6.07, 6.45) is 0. The zero-order chi connectivity index (χ0) is 10.3. The third kappa shape index (κ3) is 1.20. The lowest BCUT2D eigenvalue weighted by atomic mass is 10.4. The van der Waals surface area contributed by atoms with Crippen molar-refractivity contribution in [1.82, 2.24) is 14.6 Å². The Labute approximate surface area is 87.0 Å². The summed E-state index contributed by atoms with van der Waals surface area (Å²) in [4.78, 5) is 15.1. The third-order valence-corrected chi connectivity index (χ3v) is 2.10. The molecule has 0 spiro atoms. The van der Waals surface area contributed by atoms with Gasteiger partial charge in [0.15, 0.2) is 0 Å². The molecule has 7 heteroatoms. The van der Waals surface area contributed by atoms with Gasteiger partial charge < -0.3 is 9.15 Å². The minimum Gasteiger partial charge on any atom is -0.463 e. The molecule has 0 unspecified atom stereocenters. The van der Waals surface area contributed by atoms with Crippen LogP contribution in [0.3, 0.4) is 0 Å². The van der Waals surface area contributed by atoms with Gasteiger partial charge >= 0.3 is 11.8 Å². The molecule has 6 nitrogen and oxygen atoms in total. The molecule has 2 rings (SSSR count). The van der Waals surface area contributed by atoms with E-state index in [2.05, 4.69) is 30.7 Å². The van der Waals surface area contributed by atoms with Gasteiger partial charge in [0.25, 0.3) is 0 Å². The van der Waals surface area contributed by atoms with Crippen LogP contribution in [0.4, 0.5) is 0 Å². The lowest BCUT2D eigenvalue weighted by Gasteiger charge is -1.93. The van der Waals surface area contributed by atoms with E-state index >= 15 is 0 Å². The molecule has 2 heterocycles. The van der Waals surface area contributed by atoms with Gasteiger partial charge in [-0.25, -0.2) is 4.79 Å². The van der Waals surface area contributed by atoms with Crippen LogP contribution < -0.4 is 0 Å². The van der Waals surface area contributed by atoms with Gasteiger partial charge in [0.2, 0.25) is 10.5 Å². The second-order valence-electron chi connectivity index (χ2n) is 2.58. The predicted octanol–water partition coefficient (Wildman–Crippen LogP) is 1.18. The zero-order valence-corrected chi connectivity index (χ0v) is 9.03. The largest absolute Gasteiger partial charge is 0.463 e. The molecule has 0 aliphatic rings. The topological polar surface area (TPSA) is 69.6 Å². The predicted molar refractivity (Wildman–Crippen MR) is 49.0 cm³/mol. The molecule has 74 valence electrons. The highest BCUT2D eigenvalue weighted by Crippen LogP contribution is 2.16. The Morgan fingerprint density at radius 1 is 1.64 bits per heavy atom. The summed E-state index contributed by atoms with van der Waals surface area (Å²) in [6.45, 7) is 1.70. The van der Waals surface area contributed by atoms with Gasteiger partial charge in [0.1, 0.15) is 0 Å². The fourth-order valence-electron chi connectivity index (χ4n) is 1.10. The molecule has 0 radical (unpaired) electrons. The molecule has 0 aliphatic carbocycles. The average molecular weight is 260 g/mol. The number of hydrogen-bond donors (Lipinski definition) is 0. The number of carbonyl (C=O) groups is 1. The van der Waals surface area contributed by atoms with Crippen molar-refractivity contribution in [1.29, 1.82) is 0 Å². The number of carbonyl (C=O) groups excluding carboxylic acids is 1. The maximum atomic E-state index is 11.2. The molecule has 0 aromatic carbocycles. The average Bonchev–Trinajstić information content (AvgIpc) is 2.64. The molecule has 0 aliphatic heterocycles. The fraction of sp³-hybridized carbons (Fsp3) is 0.286. The molecule has 0 saturated carbocycles. The first-order valence-corrected chi connectivity index (χ1v) is 4.52. The SMILES string of the molecule is COC(=O)c1oc2nc(Br)nn2c1C. The number of aryl methyl sites for hydroxylation is 1. The second kappa shape index (κ2) is 3.09. The van der Waals surface area contributed by atoms with Crippen LogP contribution in [0.25, 0.3) is 5.84 Å². The number of hydrogen-bond acceptors (Lipinski definition) is 5. The summed E-state index contributed by atoms with van der Waals surface area (Å²) in [5.41, 5.74) is 0.560. The van der Waals surface area contributed by atoms with Crippen molar-refractivity contribution in [2.75, 3.05) is 7.11 Å². The monoisotopic (exact) mass is 259 g/mol. The van der Waals surface area contributed by atoms with E-state index in [0.29, 0.717) is 10.4 Å². The second-order valence-corrected chi connectivity index (χ2v) is 3.29. The van der Waals surface area contributed by atoms with E-state index in [-0.39, 0.29) is 11.6 Å². The van der Waals surface area contributed by atoms with Crippen LogP contribution in [0.2, 0.25) is 0 Å². The van der Waals surface area contributed by atoms with Crippen molar-refractivity contribution in [3.05, 3.63) is 16.2 Å². The smallest absolute Gasteiger partial charge is 0.376 e. The molecule has 0 bridgehead atoms. The number of ether oxygens (including phenoxy) is 1. The van der Waals surface area contributed by atoms with Crippen molar-refractivity contribution in [3.8, 4) is 0 Å². The van der Waals surface area contributed by atoms with Crippen LogP contribution in [0, 0.1) is 6.92 Å². The lowest BCUT2D eigenvalue weighted by Crippen LogP contribution is -2.02. The van der Waals surface area contributed by atoms with Crippen molar-refractivity contribution in [2.45, 2.75) is 6.92 Å². The number of fused-ring (bicyclic) bond motifs is 1. The van der Waals surface area contributed by atoms with Gasteiger partial charge in [-0.3, -0.25) is 0 Å². The Morgan fingerprint density at radius 3 is 2.93 bits per heavy atom. The summed E-state index contributed by atoms with van der Waals surface area (Å²) in [5, 5.41) is 3.97. The minimum absolute atomic E-state index is 0.120. The number of rotatable bonds is 1. The first-order chi connectivity index (χ1) is 6.63. The minimum atomic E-state index is -0.536. The normalized spacial score (nSPS) is 10.8. The van der Waals surface area contributed by atoms with Crippen LogP contribution in [-0.4, -0.2) is 27.7 Å². The van der Waals surface area contributed by atoms with Crippen molar-refractivity contribution >= 4 is 27.7 Å². The van der Waals surface area contributed by atoms with Crippen LogP contribution >= 0.6 is 15.9 Å². The van der Waals surface area contributed by atoms with E-state index in [1.54, 1.807) is 6.92 Å². The molecular formula is C7H6BrN3O3. The molecule has 0 amide bonds. The number of nitrogens with zero attached hydrogens (tertiary/aromatic N) is 3. The summed E-state index contributed by atoms with van der Waals surface area (Å²) < 4.78 is 11.5. The molecule has 0 N–H and O–H groups in total. The Bertz CT molecular complexity index is 501. The number of oxazole rings is 1. The summed E-state index contributed by atoms with van der Waals surface area (Å²) in [5.74, 6) is -0.157. The standard InChI is InChI=1S/C7H6BrN3O3/c1-3-4(5(12)13-2)14-7-9-6(8)10-11(3)7/h1-2H3. The summed E-state index contributed by atoms with van der Waals surface area (Å²) in [7, 11) is 1.29. The molecule has 2 aromatic heterocycles. The highest BCUT2D eigenvalue weighted by atomic mass is 79.9. The number of aromatic nitrogens is 3. The summed E-state index contributed by atoms with van der Waals surface area (Å²) in [6, 6.07) is 0. The fourth-order valence-corrected chi connectivity index (χ4v) is 1.41. The van der Waals surface area contributed by atoms with Gasteiger partial charge in [-0.15, -0.1) is 5.10 Å². The molecular weight excluding hydrogens is 254 g/mol. The Hall–Kier alpha value is -1.37. The van der Waals surface area contributed by atoms with Gasteiger partial charge in [-0.2, -0.15) is 9.50 Å². The maximum Gasteiger partial charge on any atom is 0.376 e. The molecule has 0 atom stereocenters. The van der Waals surface area contributed by atoms with Crippen molar-refractivity contribution < 1.29 is 13.9 Å². The molecule has 2 aromatic rings. The zero-order valence-electron chi connectivity index (χ0n) is 7.44.